The first-order chi connectivity index (χ1) is 11.4. The minimum atomic E-state index is -0.372. The van der Waals surface area contributed by atoms with E-state index in [0.29, 0.717) is 28.6 Å². The number of hydrogen-bond acceptors (Lipinski definition) is 6. The summed E-state index contributed by atoms with van der Waals surface area (Å²) in [6.07, 6.45) is 0.603. The summed E-state index contributed by atoms with van der Waals surface area (Å²) in [4.78, 5) is 17.0. The summed E-state index contributed by atoms with van der Waals surface area (Å²) >= 11 is 1.31. The van der Waals surface area contributed by atoms with Gasteiger partial charge < -0.3 is 9.84 Å². The monoisotopic (exact) mass is 344 g/mol. The fourth-order valence-electron chi connectivity index (χ4n) is 2.22. The third-order valence-electron chi connectivity index (χ3n) is 3.87. The first-order valence-corrected chi connectivity index (χ1v) is 8.54. The molecular formula is C17H20N4O2S. The molecule has 24 heavy (non-hydrogen) atoms. The number of nitriles is 1. The Balaban J connectivity index is 2.24. The van der Waals surface area contributed by atoms with Crippen molar-refractivity contribution in [3.05, 3.63) is 34.2 Å². The van der Waals surface area contributed by atoms with E-state index in [1.165, 1.54) is 11.8 Å². The lowest BCUT2D eigenvalue weighted by Gasteiger charge is -2.16. The number of rotatable bonds is 5. The molecule has 0 aliphatic rings. The second-order valence-corrected chi connectivity index (χ2v) is 6.76. The van der Waals surface area contributed by atoms with E-state index in [1.54, 1.807) is 13.0 Å². The fourth-order valence-corrected chi connectivity index (χ4v) is 3.33. The standard InChI is InChI=1S/C17H20N4O2S/c1-6-14(16(22)20-15-7-9(2)23-21-15)24-17-13(8-18)11(4)10(3)12(5)19-17/h7,14H,6H2,1-5H3,(H,20,21,22)/t14-/m0/s1. The zero-order chi connectivity index (χ0) is 17.9. The number of aryl methyl sites for hydroxylation is 2. The van der Waals surface area contributed by atoms with Crippen LogP contribution < -0.4 is 5.32 Å². The molecule has 2 rings (SSSR count). The number of anilines is 1. The molecule has 1 N–H and O–H groups in total. The van der Waals surface area contributed by atoms with Crippen LogP contribution in [0.25, 0.3) is 0 Å². The molecule has 0 unspecified atom stereocenters. The van der Waals surface area contributed by atoms with E-state index in [-0.39, 0.29) is 11.2 Å². The molecule has 0 spiro atoms. The van der Waals surface area contributed by atoms with Gasteiger partial charge in [-0.2, -0.15) is 5.26 Å². The topological polar surface area (TPSA) is 91.8 Å². The third kappa shape index (κ3) is 3.77. The number of carbonyl (C=O) groups excluding carboxylic acids is 1. The Labute approximate surface area is 145 Å². The van der Waals surface area contributed by atoms with Gasteiger partial charge in [0.2, 0.25) is 5.91 Å². The lowest BCUT2D eigenvalue weighted by Crippen LogP contribution is -2.25. The van der Waals surface area contributed by atoms with E-state index in [4.69, 9.17) is 4.52 Å². The number of nitrogens with zero attached hydrogens (tertiary/aromatic N) is 3. The molecule has 0 aliphatic carbocycles. The SMILES string of the molecule is CC[C@H](Sc1nc(C)c(C)c(C)c1C#N)C(=O)Nc1cc(C)on1. The van der Waals surface area contributed by atoms with Crippen LogP contribution in [0.3, 0.4) is 0 Å². The normalized spacial score (nSPS) is 11.8. The number of hydrogen-bond donors (Lipinski definition) is 1. The van der Waals surface area contributed by atoms with Gasteiger partial charge in [0, 0.05) is 11.8 Å². The average molecular weight is 344 g/mol. The Morgan fingerprint density at radius 1 is 1.38 bits per heavy atom. The number of thioether (sulfide) groups is 1. The first-order valence-electron chi connectivity index (χ1n) is 7.66. The van der Waals surface area contributed by atoms with Gasteiger partial charge in [-0.15, -0.1) is 0 Å². The highest BCUT2D eigenvalue weighted by Crippen LogP contribution is 2.31. The summed E-state index contributed by atoms with van der Waals surface area (Å²) in [7, 11) is 0. The summed E-state index contributed by atoms with van der Waals surface area (Å²) in [5.74, 6) is 0.836. The molecule has 2 aromatic rings. The predicted molar refractivity (Wildman–Crippen MR) is 93.0 cm³/mol. The smallest absolute Gasteiger partial charge is 0.239 e. The van der Waals surface area contributed by atoms with E-state index < -0.39 is 0 Å². The molecule has 0 fully saturated rings. The maximum Gasteiger partial charge on any atom is 0.239 e. The van der Waals surface area contributed by atoms with Crippen molar-refractivity contribution in [2.24, 2.45) is 0 Å². The van der Waals surface area contributed by atoms with Crippen LogP contribution in [0, 0.1) is 39.0 Å². The number of nitrogens with one attached hydrogen (secondary N) is 1. The van der Waals surface area contributed by atoms with Crippen LogP contribution in [-0.2, 0) is 4.79 Å². The molecule has 0 aliphatic heterocycles. The Morgan fingerprint density at radius 2 is 2.08 bits per heavy atom. The highest BCUT2D eigenvalue weighted by molar-refractivity contribution is 8.00. The molecule has 0 saturated heterocycles. The van der Waals surface area contributed by atoms with Crippen LogP contribution in [0.5, 0.6) is 0 Å². The van der Waals surface area contributed by atoms with Crippen molar-refractivity contribution in [3.8, 4) is 6.07 Å². The van der Waals surface area contributed by atoms with Crippen LogP contribution in [0.15, 0.2) is 15.6 Å². The van der Waals surface area contributed by atoms with Gasteiger partial charge >= 0.3 is 0 Å². The number of pyridine rings is 1. The maximum absolute atomic E-state index is 12.5. The molecule has 7 heteroatoms. The molecule has 6 nitrogen and oxygen atoms in total. The Morgan fingerprint density at radius 3 is 2.62 bits per heavy atom. The zero-order valence-electron chi connectivity index (χ0n) is 14.4. The molecule has 2 heterocycles. The van der Waals surface area contributed by atoms with E-state index in [1.807, 2.05) is 27.7 Å². The van der Waals surface area contributed by atoms with Gasteiger partial charge in [-0.1, -0.05) is 23.8 Å². The minimum absolute atomic E-state index is 0.183. The van der Waals surface area contributed by atoms with Crippen molar-refractivity contribution >= 4 is 23.5 Å². The van der Waals surface area contributed by atoms with Crippen LogP contribution in [0.4, 0.5) is 5.82 Å². The summed E-state index contributed by atoms with van der Waals surface area (Å²) in [6, 6.07) is 3.87. The van der Waals surface area contributed by atoms with Crippen molar-refractivity contribution in [2.45, 2.75) is 51.3 Å². The maximum atomic E-state index is 12.5. The molecule has 0 aromatic carbocycles. The van der Waals surface area contributed by atoms with Crippen LogP contribution in [0.2, 0.25) is 0 Å². The highest BCUT2D eigenvalue weighted by atomic mass is 32.2. The van der Waals surface area contributed by atoms with Gasteiger partial charge in [0.1, 0.15) is 16.9 Å². The second-order valence-electron chi connectivity index (χ2n) is 5.57. The van der Waals surface area contributed by atoms with E-state index in [9.17, 15) is 10.1 Å². The van der Waals surface area contributed by atoms with Crippen LogP contribution in [0.1, 0.15) is 41.5 Å². The quantitative estimate of drug-likeness (QED) is 0.832. The highest BCUT2D eigenvalue weighted by Gasteiger charge is 2.23. The lowest BCUT2D eigenvalue weighted by molar-refractivity contribution is -0.115. The minimum Gasteiger partial charge on any atom is -0.360 e. The number of carbonyl (C=O) groups is 1. The Bertz CT molecular complexity index is 808. The zero-order valence-corrected chi connectivity index (χ0v) is 15.2. The second kappa shape index (κ2) is 7.49. The van der Waals surface area contributed by atoms with Crippen LogP contribution in [-0.4, -0.2) is 21.3 Å². The largest absolute Gasteiger partial charge is 0.360 e. The van der Waals surface area contributed by atoms with Gasteiger partial charge in [0.15, 0.2) is 5.82 Å². The Hall–Kier alpha value is -2.33. The molecule has 0 radical (unpaired) electrons. The summed E-state index contributed by atoms with van der Waals surface area (Å²) in [6.45, 7) is 9.45. The van der Waals surface area contributed by atoms with Crippen molar-refractivity contribution in [1.29, 1.82) is 5.26 Å². The van der Waals surface area contributed by atoms with Gasteiger partial charge in [0.25, 0.3) is 0 Å². The summed E-state index contributed by atoms with van der Waals surface area (Å²) < 4.78 is 4.95. The van der Waals surface area contributed by atoms with E-state index >= 15 is 0 Å². The molecular weight excluding hydrogens is 324 g/mol. The van der Waals surface area contributed by atoms with Gasteiger partial charge in [-0.05, 0) is 45.2 Å². The Kier molecular flexibility index (Phi) is 5.62. The van der Waals surface area contributed by atoms with Gasteiger partial charge in [-0.25, -0.2) is 4.98 Å². The van der Waals surface area contributed by atoms with Crippen LogP contribution >= 0.6 is 11.8 Å². The number of amides is 1. The van der Waals surface area contributed by atoms with Gasteiger partial charge in [-0.3, -0.25) is 4.79 Å². The first kappa shape index (κ1) is 18.0. The molecule has 0 saturated carbocycles. The van der Waals surface area contributed by atoms with Crippen molar-refractivity contribution in [2.75, 3.05) is 5.32 Å². The lowest BCUT2D eigenvalue weighted by atomic mass is 10.1. The van der Waals surface area contributed by atoms with Gasteiger partial charge in [0.05, 0.1) is 10.8 Å². The van der Waals surface area contributed by atoms with Crippen molar-refractivity contribution in [3.63, 3.8) is 0 Å². The molecule has 1 atom stereocenters. The van der Waals surface area contributed by atoms with Crippen molar-refractivity contribution < 1.29 is 9.32 Å². The van der Waals surface area contributed by atoms with E-state index in [2.05, 4.69) is 21.5 Å². The molecule has 1 amide bonds. The van der Waals surface area contributed by atoms with E-state index in [0.717, 1.165) is 16.8 Å². The molecule has 0 bridgehead atoms. The number of aromatic nitrogens is 2. The summed E-state index contributed by atoms with van der Waals surface area (Å²) in [5.41, 5.74) is 3.32. The average Bonchev–Trinajstić information content (AvgIpc) is 2.95. The summed E-state index contributed by atoms with van der Waals surface area (Å²) in [5, 5.41) is 16.2. The molecule has 2 aromatic heterocycles. The molecule has 126 valence electrons. The third-order valence-corrected chi connectivity index (χ3v) is 5.22. The fraction of sp³-hybridized carbons (Fsp3) is 0.412. The van der Waals surface area contributed by atoms with Crippen molar-refractivity contribution in [1.82, 2.24) is 10.1 Å². The predicted octanol–water partition coefficient (Wildman–Crippen LogP) is 3.68.